The molecule has 0 amide bonds. The highest BCUT2D eigenvalue weighted by Crippen LogP contribution is 2.12. The Balaban J connectivity index is 2.57. The van der Waals surface area contributed by atoms with E-state index in [2.05, 4.69) is 15.9 Å². The van der Waals surface area contributed by atoms with Crippen LogP contribution in [-0.2, 0) is 6.54 Å². The van der Waals surface area contributed by atoms with Crippen molar-refractivity contribution in [2.45, 2.75) is 12.6 Å². The molecule has 0 aliphatic rings. The monoisotopic (exact) mass is 273 g/mol. The van der Waals surface area contributed by atoms with Gasteiger partial charge >= 0.3 is 0 Å². The maximum Gasteiger partial charge on any atom is 0.0609 e. The molecule has 0 saturated carbocycles. The Bertz CT molecular complexity index is 285. The van der Waals surface area contributed by atoms with Crippen LogP contribution in [0, 0.1) is 0 Å². The molecule has 0 spiro atoms. The Morgan fingerprint density at radius 3 is 2.20 bits per heavy atom. The summed E-state index contributed by atoms with van der Waals surface area (Å²) in [5.74, 6) is 0. The first-order chi connectivity index (χ1) is 7.17. The van der Waals surface area contributed by atoms with Crippen LogP contribution in [-0.4, -0.2) is 41.4 Å². The minimum absolute atomic E-state index is 0.0243. The summed E-state index contributed by atoms with van der Waals surface area (Å²) < 4.78 is 1.05. The number of likely N-dealkylation sites (N-methyl/N-ethyl adjacent to an activating group) is 1. The van der Waals surface area contributed by atoms with Crippen LogP contribution >= 0.6 is 15.9 Å². The zero-order valence-electron chi connectivity index (χ0n) is 8.73. The standard InChI is InChI=1S/C11H16BrNO2/c1-13(11(7-14)8-15)6-9-2-4-10(12)5-3-9/h2-5,11,14-15H,6-8H2,1H3. The van der Waals surface area contributed by atoms with Crippen LogP contribution in [0.3, 0.4) is 0 Å². The van der Waals surface area contributed by atoms with Crippen molar-refractivity contribution < 1.29 is 10.2 Å². The third-order valence-corrected chi connectivity index (χ3v) is 2.92. The highest BCUT2D eigenvalue weighted by molar-refractivity contribution is 9.10. The quantitative estimate of drug-likeness (QED) is 0.849. The summed E-state index contributed by atoms with van der Waals surface area (Å²) >= 11 is 3.37. The van der Waals surface area contributed by atoms with Crippen molar-refractivity contribution in [2.75, 3.05) is 20.3 Å². The van der Waals surface area contributed by atoms with Crippen LogP contribution in [0.4, 0.5) is 0 Å². The molecular formula is C11H16BrNO2. The van der Waals surface area contributed by atoms with Crippen LogP contribution in [0.2, 0.25) is 0 Å². The lowest BCUT2D eigenvalue weighted by Gasteiger charge is -2.24. The maximum absolute atomic E-state index is 9.01. The third kappa shape index (κ3) is 3.91. The number of hydrogen-bond acceptors (Lipinski definition) is 3. The Morgan fingerprint density at radius 2 is 1.73 bits per heavy atom. The number of rotatable bonds is 5. The number of aliphatic hydroxyl groups is 2. The third-order valence-electron chi connectivity index (χ3n) is 2.39. The molecule has 0 aliphatic heterocycles. The molecule has 0 radical (unpaired) electrons. The molecular weight excluding hydrogens is 258 g/mol. The summed E-state index contributed by atoms with van der Waals surface area (Å²) in [5.41, 5.74) is 1.16. The topological polar surface area (TPSA) is 43.7 Å². The molecule has 0 unspecified atom stereocenters. The van der Waals surface area contributed by atoms with Gasteiger partial charge in [0.05, 0.1) is 19.3 Å². The van der Waals surface area contributed by atoms with E-state index in [0.717, 1.165) is 16.6 Å². The van der Waals surface area contributed by atoms with Crippen LogP contribution in [0.15, 0.2) is 28.7 Å². The first kappa shape index (κ1) is 12.6. The number of aliphatic hydroxyl groups excluding tert-OH is 2. The molecule has 1 rings (SSSR count). The SMILES string of the molecule is CN(Cc1ccc(Br)cc1)C(CO)CO. The Hall–Kier alpha value is -0.420. The molecule has 4 heteroatoms. The molecule has 0 fully saturated rings. The number of nitrogens with zero attached hydrogens (tertiary/aromatic N) is 1. The molecule has 0 heterocycles. The highest BCUT2D eigenvalue weighted by atomic mass is 79.9. The van der Waals surface area contributed by atoms with Gasteiger partial charge in [0.2, 0.25) is 0 Å². The molecule has 84 valence electrons. The average Bonchev–Trinajstić information content (AvgIpc) is 2.23. The molecule has 0 atom stereocenters. The lowest BCUT2D eigenvalue weighted by molar-refractivity contribution is 0.0874. The largest absolute Gasteiger partial charge is 0.395 e. The Labute approximate surface area is 98.5 Å². The predicted molar refractivity (Wildman–Crippen MR) is 63.6 cm³/mol. The van der Waals surface area contributed by atoms with E-state index in [9.17, 15) is 0 Å². The van der Waals surface area contributed by atoms with Crippen LogP contribution in [0.25, 0.3) is 0 Å². The summed E-state index contributed by atoms with van der Waals surface area (Å²) in [6.07, 6.45) is 0. The van der Waals surface area contributed by atoms with Crippen molar-refractivity contribution in [1.29, 1.82) is 0 Å². The number of benzene rings is 1. The Kier molecular flexibility index (Phi) is 5.25. The molecule has 15 heavy (non-hydrogen) atoms. The molecule has 1 aromatic rings. The van der Waals surface area contributed by atoms with E-state index in [1.807, 2.05) is 36.2 Å². The van der Waals surface area contributed by atoms with E-state index in [4.69, 9.17) is 10.2 Å². The van der Waals surface area contributed by atoms with Gasteiger partial charge < -0.3 is 10.2 Å². The van der Waals surface area contributed by atoms with E-state index in [1.54, 1.807) is 0 Å². The second-order valence-electron chi connectivity index (χ2n) is 3.56. The molecule has 1 aromatic carbocycles. The molecule has 0 aliphatic carbocycles. The lowest BCUT2D eigenvalue weighted by atomic mass is 10.2. The minimum atomic E-state index is -0.186. The fourth-order valence-corrected chi connectivity index (χ4v) is 1.61. The second kappa shape index (κ2) is 6.23. The predicted octanol–water partition coefficient (Wildman–Crippen LogP) is 1.23. The van der Waals surface area contributed by atoms with Gasteiger partial charge in [0.15, 0.2) is 0 Å². The van der Waals surface area contributed by atoms with Gasteiger partial charge in [0.1, 0.15) is 0 Å². The summed E-state index contributed by atoms with van der Waals surface area (Å²) in [5, 5.41) is 18.0. The maximum atomic E-state index is 9.01. The minimum Gasteiger partial charge on any atom is -0.395 e. The van der Waals surface area contributed by atoms with Crippen LogP contribution in [0.1, 0.15) is 5.56 Å². The lowest BCUT2D eigenvalue weighted by Crippen LogP contribution is -2.37. The Morgan fingerprint density at radius 1 is 1.20 bits per heavy atom. The first-order valence-corrected chi connectivity index (χ1v) is 5.63. The van der Waals surface area contributed by atoms with Gasteiger partial charge in [0.25, 0.3) is 0 Å². The summed E-state index contributed by atoms with van der Waals surface area (Å²) in [6, 6.07) is 7.82. The molecule has 3 nitrogen and oxygen atoms in total. The van der Waals surface area contributed by atoms with E-state index < -0.39 is 0 Å². The normalized spacial score (nSPS) is 11.3. The number of halogens is 1. The molecule has 0 saturated heterocycles. The fraction of sp³-hybridized carbons (Fsp3) is 0.455. The van der Waals surface area contributed by atoms with Gasteiger partial charge in [-0.25, -0.2) is 0 Å². The second-order valence-corrected chi connectivity index (χ2v) is 4.48. The first-order valence-electron chi connectivity index (χ1n) is 4.83. The van der Waals surface area contributed by atoms with Gasteiger partial charge in [0, 0.05) is 11.0 Å². The van der Waals surface area contributed by atoms with E-state index >= 15 is 0 Å². The van der Waals surface area contributed by atoms with E-state index in [1.165, 1.54) is 0 Å². The van der Waals surface area contributed by atoms with Crippen molar-refractivity contribution in [3.05, 3.63) is 34.3 Å². The average molecular weight is 274 g/mol. The zero-order valence-corrected chi connectivity index (χ0v) is 10.3. The van der Waals surface area contributed by atoms with Crippen molar-refractivity contribution >= 4 is 15.9 Å². The smallest absolute Gasteiger partial charge is 0.0609 e. The van der Waals surface area contributed by atoms with Gasteiger partial charge in [-0.15, -0.1) is 0 Å². The van der Waals surface area contributed by atoms with Gasteiger partial charge in [-0.2, -0.15) is 0 Å². The number of hydrogen-bond donors (Lipinski definition) is 2. The fourth-order valence-electron chi connectivity index (χ4n) is 1.34. The highest BCUT2D eigenvalue weighted by Gasteiger charge is 2.12. The summed E-state index contributed by atoms with van der Waals surface area (Å²) in [6.45, 7) is 0.673. The molecule has 0 aromatic heterocycles. The van der Waals surface area contributed by atoms with E-state index in [-0.39, 0.29) is 19.3 Å². The molecule has 0 bridgehead atoms. The van der Waals surface area contributed by atoms with Crippen LogP contribution < -0.4 is 0 Å². The van der Waals surface area contributed by atoms with Crippen molar-refractivity contribution in [1.82, 2.24) is 4.90 Å². The van der Waals surface area contributed by atoms with Gasteiger partial charge in [-0.1, -0.05) is 28.1 Å². The zero-order chi connectivity index (χ0) is 11.3. The molecule has 2 N–H and O–H groups in total. The summed E-state index contributed by atoms with van der Waals surface area (Å²) in [4.78, 5) is 1.93. The van der Waals surface area contributed by atoms with E-state index in [0.29, 0.717) is 0 Å². The van der Waals surface area contributed by atoms with Gasteiger partial charge in [-0.3, -0.25) is 4.90 Å². The van der Waals surface area contributed by atoms with Gasteiger partial charge in [-0.05, 0) is 24.7 Å². The van der Waals surface area contributed by atoms with Crippen molar-refractivity contribution in [2.24, 2.45) is 0 Å². The van der Waals surface area contributed by atoms with Crippen molar-refractivity contribution in [3.8, 4) is 0 Å². The van der Waals surface area contributed by atoms with Crippen LogP contribution in [0.5, 0.6) is 0 Å². The summed E-state index contributed by atoms with van der Waals surface area (Å²) in [7, 11) is 1.89. The van der Waals surface area contributed by atoms with Crippen molar-refractivity contribution in [3.63, 3.8) is 0 Å².